The summed E-state index contributed by atoms with van der Waals surface area (Å²) in [6.07, 6.45) is 7.84. The lowest BCUT2D eigenvalue weighted by atomic mass is 10.1. The molecule has 3 rings (SSSR count). The van der Waals surface area contributed by atoms with E-state index in [1.165, 1.54) is 16.5 Å². The molecule has 0 unspecified atom stereocenters. The number of hydrogen-bond donors (Lipinski definition) is 3. The number of nitrogens with zero attached hydrogens (tertiary/aromatic N) is 3. The first-order valence-electron chi connectivity index (χ1n) is 8.34. The molecule has 0 saturated carbocycles. The number of H-pyrrole nitrogens is 1. The fourth-order valence-corrected chi connectivity index (χ4v) is 2.76. The van der Waals surface area contributed by atoms with Crippen molar-refractivity contribution in [3.63, 3.8) is 0 Å². The molecule has 0 radical (unpaired) electrons. The first kappa shape index (κ1) is 16.1. The van der Waals surface area contributed by atoms with E-state index in [2.05, 4.69) is 56.2 Å². The maximum atomic E-state index is 4.27. The number of fused-ring (bicyclic) bond motifs is 1. The first-order valence-corrected chi connectivity index (χ1v) is 8.34. The molecule has 0 spiro atoms. The summed E-state index contributed by atoms with van der Waals surface area (Å²) in [7, 11) is 1.80. The van der Waals surface area contributed by atoms with Gasteiger partial charge in [-0.25, -0.2) is 0 Å². The normalized spacial score (nSPS) is 11.8. The van der Waals surface area contributed by atoms with Gasteiger partial charge in [-0.3, -0.25) is 9.67 Å². The number of nitrogens with one attached hydrogen (secondary N) is 3. The third kappa shape index (κ3) is 4.16. The molecule has 3 aromatic rings. The molecule has 3 N–H and O–H groups in total. The van der Waals surface area contributed by atoms with Gasteiger partial charge >= 0.3 is 0 Å². The summed E-state index contributed by atoms with van der Waals surface area (Å²) in [6.45, 7) is 2.62. The lowest BCUT2D eigenvalue weighted by molar-refractivity contribution is 0.570. The van der Waals surface area contributed by atoms with E-state index in [0.29, 0.717) is 0 Å². The molecule has 0 fully saturated rings. The third-order valence-electron chi connectivity index (χ3n) is 4.00. The number of benzene rings is 1. The van der Waals surface area contributed by atoms with E-state index < -0.39 is 0 Å². The van der Waals surface area contributed by atoms with Gasteiger partial charge in [0.1, 0.15) is 0 Å². The van der Waals surface area contributed by atoms with Crippen LogP contribution >= 0.6 is 0 Å². The van der Waals surface area contributed by atoms with Gasteiger partial charge in [0, 0.05) is 56.2 Å². The smallest absolute Gasteiger partial charge is 0.190 e. The number of aryl methyl sites for hydroxylation is 1. The molecule has 0 amide bonds. The second-order valence-electron chi connectivity index (χ2n) is 5.66. The average Bonchev–Trinajstić information content (AvgIpc) is 3.27. The van der Waals surface area contributed by atoms with Crippen LogP contribution < -0.4 is 10.6 Å². The highest BCUT2D eigenvalue weighted by molar-refractivity contribution is 5.83. The van der Waals surface area contributed by atoms with E-state index in [1.54, 1.807) is 13.2 Å². The SMILES string of the molecule is CN=C(NCCCn1cccn1)NCCc1c[nH]c2ccccc12. The Hall–Kier alpha value is -2.76. The third-order valence-corrected chi connectivity index (χ3v) is 4.00. The molecule has 6 nitrogen and oxygen atoms in total. The second-order valence-corrected chi connectivity index (χ2v) is 5.66. The Labute approximate surface area is 142 Å². The van der Waals surface area contributed by atoms with Crippen molar-refractivity contribution < 1.29 is 0 Å². The Bertz CT molecular complexity index is 772. The molecular weight excluding hydrogens is 300 g/mol. The van der Waals surface area contributed by atoms with Crippen LogP contribution in [0.3, 0.4) is 0 Å². The van der Waals surface area contributed by atoms with Crippen LogP contribution in [-0.2, 0) is 13.0 Å². The van der Waals surface area contributed by atoms with E-state index in [4.69, 9.17) is 0 Å². The standard InChI is InChI=1S/C18H24N6/c1-19-18(20-9-4-12-24-13-5-10-23-24)21-11-8-15-14-22-17-7-3-2-6-16(15)17/h2-3,5-7,10,13-14,22H,4,8-9,11-12H2,1H3,(H2,19,20,21). The number of guanidine groups is 1. The average molecular weight is 324 g/mol. The summed E-state index contributed by atoms with van der Waals surface area (Å²) in [6, 6.07) is 10.3. The predicted molar refractivity (Wildman–Crippen MR) is 98.2 cm³/mol. The van der Waals surface area contributed by atoms with Crippen LogP contribution in [0.25, 0.3) is 10.9 Å². The van der Waals surface area contributed by atoms with Gasteiger partial charge in [-0.2, -0.15) is 5.10 Å². The van der Waals surface area contributed by atoms with Crippen molar-refractivity contribution in [2.75, 3.05) is 20.1 Å². The number of aromatic nitrogens is 3. The predicted octanol–water partition coefficient (Wildman–Crippen LogP) is 2.16. The molecule has 0 saturated heterocycles. The summed E-state index contributed by atoms with van der Waals surface area (Å²) in [5.74, 6) is 0.843. The number of rotatable bonds is 7. The van der Waals surface area contributed by atoms with E-state index in [1.807, 2.05) is 16.9 Å². The second kappa shape index (κ2) is 8.19. The van der Waals surface area contributed by atoms with Crippen molar-refractivity contribution in [3.8, 4) is 0 Å². The molecule has 0 aliphatic rings. The van der Waals surface area contributed by atoms with Gasteiger partial charge < -0.3 is 15.6 Å². The molecule has 0 bridgehead atoms. The van der Waals surface area contributed by atoms with Crippen molar-refractivity contribution in [2.45, 2.75) is 19.4 Å². The molecule has 1 aromatic carbocycles. The largest absolute Gasteiger partial charge is 0.361 e. The molecule has 0 aliphatic heterocycles. The molecule has 0 aliphatic carbocycles. The van der Waals surface area contributed by atoms with E-state index in [0.717, 1.165) is 38.4 Å². The number of aromatic amines is 1. The molecule has 2 aromatic heterocycles. The van der Waals surface area contributed by atoms with E-state index >= 15 is 0 Å². The lowest BCUT2D eigenvalue weighted by Gasteiger charge is -2.11. The highest BCUT2D eigenvalue weighted by atomic mass is 15.3. The minimum absolute atomic E-state index is 0.843. The van der Waals surface area contributed by atoms with Gasteiger partial charge in [-0.1, -0.05) is 18.2 Å². The molecule has 126 valence electrons. The fourth-order valence-electron chi connectivity index (χ4n) is 2.76. The Kier molecular flexibility index (Phi) is 5.50. The zero-order valence-electron chi connectivity index (χ0n) is 14.0. The van der Waals surface area contributed by atoms with Crippen molar-refractivity contribution in [1.29, 1.82) is 0 Å². The van der Waals surface area contributed by atoms with Crippen LogP contribution in [0.5, 0.6) is 0 Å². The van der Waals surface area contributed by atoms with Crippen LogP contribution in [0, 0.1) is 0 Å². The topological polar surface area (TPSA) is 70.0 Å². The maximum Gasteiger partial charge on any atom is 0.190 e. The van der Waals surface area contributed by atoms with Gasteiger partial charge in [-0.05, 0) is 30.5 Å². The molecule has 6 heteroatoms. The van der Waals surface area contributed by atoms with Gasteiger partial charge in [-0.15, -0.1) is 0 Å². The quantitative estimate of drug-likeness (QED) is 0.354. The number of hydrogen-bond acceptors (Lipinski definition) is 2. The Morgan fingerprint density at radius 2 is 2.08 bits per heavy atom. The van der Waals surface area contributed by atoms with Crippen LogP contribution in [-0.4, -0.2) is 40.9 Å². The Balaban J connectivity index is 1.39. The van der Waals surface area contributed by atoms with Crippen LogP contribution in [0.2, 0.25) is 0 Å². The summed E-state index contributed by atoms with van der Waals surface area (Å²) >= 11 is 0. The highest BCUT2D eigenvalue weighted by Gasteiger charge is 2.03. The van der Waals surface area contributed by atoms with Crippen molar-refractivity contribution in [3.05, 3.63) is 54.5 Å². The summed E-state index contributed by atoms with van der Waals surface area (Å²) in [5, 5.41) is 12.2. The van der Waals surface area contributed by atoms with Gasteiger partial charge in [0.05, 0.1) is 0 Å². The lowest BCUT2D eigenvalue weighted by Crippen LogP contribution is -2.39. The van der Waals surface area contributed by atoms with Gasteiger partial charge in [0.25, 0.3) is 0 Å². The van der Waals surface area contributed by atoms with Crippen LogP contribution in [0.15, 0.2) is 53.9 Å². The number of aliphatic imine (C=N–C) groups is 1. The van der Waals surface area contributed by atoms with E-state index in [-0.39, 0.29) is 0 Å². The van der Waals surface area contributed by atoms with Crippen molar-refractivity contribution in [1.82, 2.24) is 25.4 Å². The monoisotopic (exact) mass is 324 g/mol. The van der Waals surface area contributed by atoms with Crippen molar-refractivity contribution in [2.24, 2.45) is 4.99 Å². The zero-order chi connectivity index (χ0) is 16.6. The zero-order valence-corrected chi connectivity index (χ0v) is 14.0. The van der Waals surface area contributed by atoms with Gasteiger partial charge in [0.2, 0.25) is 0 Å². The Morgan fingerprint density at radius 3 is 2.92 bits per heavy atom. The summed E-state index contributed by atoms with van der Waals surface area (Å²) < 4.78 is 1.94. The van der Waals surface area contributed by atoms with Crippen LogP contribution in [0.4, 0.5) is 0 Å². The fraction of sp³-hybridized carbons (Fsp3) is 0.333. The van der Waals surface area contributed by atoms with Gasteiger partial charge in [0.15, 0.2) is 5.96 Å². The molecule has 24 heavy (non-hydrogen) atoms. The van der Waals surface area contributed by atoms with E-state index in [9.17, 15) is 0 Å². The minimum atomic E-state index is 0.843. The Morgan fingerprint density at radius 1 is 1.21 bits per heavy atom. The number of para-hydroxylation sites is 1. The van der Waals surface area contributed by atoms with Crippen molar-refractivity contribution >= 4 is 16.9 Å². The van der Waals surface area contributed by atoms with Crippen LogP contribution in [0.1, 0.15) is 12.0 Å². The molecule has 2 heterocycles. The minimum Gasteiger partial charge on any atom is -0.361 e. The summed E-state index contributed by atoms with van der Waals surface area (Å²) in [5.41, 5.74) is 2.51. The maximum absolute atomic E-state index is 4.27. The summed E-state index contributed by atoms with van der Waals surface area (Å²) in [4.78, 5) is 7.58. The molecular formula is C18H24N6. The first-order chi connectivity index (χ1) is 11.9. The molecule has 0 atom stereocenters. The highest BCUT2D eigenvalue weighted by Crippen LogP contribution is 2.17.